The molecule has 1 N–H and O–H groups in total. The summed E-state index contributed by atoms with van der Waals surface area (Å²) in [6.07, 6.45) is 3.29. The Morgan fingerprint density at radius 1 is 1.14 bits per heavy atom. The standard InChI is InChI=1S/C23H22ClNO4/c1-3-4-5-10-28-15-8-6-14(7-9-15)20-19-21(26)16-12-17(24)13(2)11-18(16)29-22(19)23(27)25-20/h6-9,11-12,20H,3-5,10H2,1-2H3,(H,25,27). The van der Waals surface area contributed by atoms with Crippen molar-refractivity contribution in [2.24, 2.45) is 0 Å². The van der Waals surface area contributed by atoms with E-state index in [4.69, 9.17) is 20.8 Å². The summed E-state index contributed by atoms with van der Waals surface area (Å²) >= 11 is 6.19. The molecule has 0 radical (unpaired) electrons. The van der Waals surface area contributed by atoms with Crippen LogP contribution in [0.5, 0.6) is 5.75 Å². The van der Waals surface area contributed by atoms with E-state index in [1.807, 2.05) is 31.2 Å². The lowest BCUT2D eigenvalue weighted by Gasteiger charge is -2.13. The monoisotopic (exact) mass is 411 g/mol. The predicted octanol–water partition coefficient (Wildman–Crippen LogP) is 5.16. The summed E-state index contributed by atoms with van der Waals surface area (Å²) in [5.41, 5.74) is 2.02. The Kier molecular flexibility index (Phi) is 5.33. The molecule has 1 amide bonds. The highest BCUT2D eigenvalue weighted by molar-refractivity contribution is 6.32. The third-order valence-electron chi connectivity index (χ3n) is 5.21. The zero-order chi connectivity index (χ0) is 20.5. The Hall–Kier alpha value is -2.79. The van der Waals surface area contributed by atoms with E-state index in [2.05, 4.69) is 12.2 Å². The van der Waals surface area contributed by atoms with E-state index in [0.717, 1.165) is 36.1 Å². The molecule has 1 aromatic heterocycles. The molecule has 1 atom stereocenters. The predicted molar refractivity (Wildman–Crippen MR) is 113 cm³/mol. The van der Waals surface area contributed by atoms with Gasteiger partial charge < -0.3 is 14.5 Å². The summed E-state index contributed by atoms with van der Waals surface area (Å²) in [4.78, 5) is 25.6. The van der Waals surface area contributed by atoms with Gasteiger partial charge in [-0.15, -0.1) is 0 Å². The van der Waals surface area contributed by atoms with Gasteiger partial charge in [0, 0.05) is 5.02 Å². The number of carbonyl (C=O) groups excluding carboxylic acids is 1. The van der Waals surface area contributed by atoms with Crippen molar-refractivity contribution in [1.29, 1.82) is 0 Å². The number of hydrogen-bond acceptors (Lipinski definition) is 4. The van der Waals surface area contributed by atoms with Gasteiger partial charge in [0.25, 0.3) is 5.91 Å². The van der Waals surface area contributed by atoms with Gasteiger partial charge in [-0.05, 0) is 48.7 Å². The lowest BCUT2D eigenvalue weighted by molar-refractivity contribution is 0.0938. The quantitative estimate of drug-likeness (QED) is 0.569. The molecule has 0 saturated heterocycles. The molecule has 2 heterocycles. The van der Waals surface area contributed by atoms with Gasteiger partial charge in [-0.2, -0.15) is 0 Å². The topological polar surface area (TPSA) is 68.5 Å². The first-order chi connectivity index (χ1) is 14.0. The molecule has 5 nitrogen and oxygen atoms in total. The maximum absolute atomic E-state index is 13.1. The van der Waals surface area contributed by atoms with Crippen molar-refractivity contribution in [2.75, 3.05) is 6.61 Å². The number of ether oxygens (including phenoxy) is 1. The van der Waals surface area contributed by atoms with Gasteiger partial charge in [0.1, 0.15) is 11.3 Å². The number of unbranched alkanes of at least 4 members (excludes halogenated alkanes) is 2. The Balaban J connectivity index is 1.68. The van der Waals surface area contributed by atoms with Gasteiger partial charge in [-0.3, -0.25) is 9.59 Å². The van der Waals surface area contributed by atoms with Gasteiger partial charge in [0.2, 0.25) is 5.76 Å². The van der Waals surface area contributed by atoms with E-state index < -0.39 is 11.9 Å². The maximum atomic E-state index is 13.1. The summed E-state index contributed by atoms with van der Waals surface area (Å²) in [5, 5.41) is 3.71. The first kappa shape index (κ1) is 19.5. The average Bonchev–Trinajstić information content (AvgIpc) is 3.04. The zero-order valence-electron chi connectivity index (χ0n) is 16.4. The Morgan fingerprint density at radius 3 is 2.62 bits per heavy atom. The normalized spacial score (nSPS) is 15.4. The number of aryl methyl sites for hydroxylation is 1. The van der Waals surface area contributed by atoms with Crippen LogP contribution >= 0.6 is 11.6 Å². The van der Waals surface area contributed by atoms with Crippen molar-refractivity contribution in [2.45, 2.75) is 39.2 Å². The minimum absolute atomic E-state index is 0.0640. The molecule has 0 saturated carbocycles. The largest absolute Gasteiger partial charge is 0.494 e. The molecule has 1 aliphatic rings. The van der Waals surface area contributed by atoms with Crippen LogP contribution in [0.15, 0.2) is 45.6 Å². The number of fused-ring (bicyclic) bond motifs is 2. The second-order valence-corrected chi connectivity index (χ2v) is 7.71. The van der Waals surface area contributed by atoms with Gasteiger partial charge in [0.15, 0.2) is 5.43 Å². The number of amides is 1. The molecule has 3 aromatic rings. The molecule has 29 heavy (non-hydrogen) atoms. The van der Waals surface area contributed by atoms with Crippen LogP contribution in [0.1, 0.15) is 59.5 Å². The molecule has 1 aliphatic heterocycles. The highest BCUT2D eigenvalue weighted by Gasteiger charge is 2.36. The van der Waals surface area contributed by atoms with E-state index in [0.29, 0.717) is 28.2 Å². The number of benzene rings is 2. The molecule has 1 unspecified atom stereocenters. The van der Waals surface area contributed by atoms with Crippen LogP contribution in [0.2, 0.25) is 5.02 Å². The minimum Gasteiger partial charge on any atom is -0.494 e. The Bertz CT molecular complexity index is 1130. The molecular weight excluding hydrogens is 390 g/mol. The highest BCUT2D eigenvalue weighted by atomic mass is 35.5. The number of hydrogen-bond donors (Lipinski definition) is 1. The van der Waals surface area contributed by atoms with Crippen LogP contribution in [0, 0.1) is 6.92 Å². The van der Waals surface area contributed by atoms with Gasteiger partial charge >= 0.3 is 0 Å². The fourth-order valence-corrected chi connectivity index (χ4v) is 3.74. The SMILES string of the molecule is CCCCCOc1ccc(C2NC(=O)c3oc4cc(C)c(Cl)cc4c(=O)c32)cc1. The van der Waals surface area contributed by atoms with Crippen LogP contribution in [0.25, 0.3) is 11.0 Å². The summed E-state index contributed by atoms with van der Waals surface area (Å²) < 4.78 is 11.5. The van der Waals surface area contributed by atoms with Crippen molar-refractivity contribution in [1.82, 2.24) is 5.32 Å². The lowest BCUT2D eigenvalue weighted by atomic mass is 9.99. The third-order valence-corrected chi connectivity index (χ3v) is 5.61. The summed E-state index contributed by atoms with van der Waals surface area (Å²) in [6.45, 7) is 4.65. The van der Waals surface area contributed by atoms with Gasteiger partial charge in [-0.1, -0.05) is 43.5 Å². The fraction of sp³-hybridized carbons (Fsp3) is 0.304. The van der Waals surface area contributed by atoms with Crippen molar-refractivity contribution < 1.29 is 13.9 Å². The second kappa shape index (κ2) is 7.91. The van der Waals surface area contributed by atoms with Crippen LogP contribution in [-0.4, -0.2) is 12.5 Å². The molecule has 4 rings (SSSR count). The molecule has 2 aromatic carbocycles. The molecule has 0 aliphatic carbocycles. The van der Waals surface area contributed by atoms with E-state index >= 15 is 0 Å². The Morgan fingerprint density at radius 2 is 1.90 bits per heavy atom. The van der Waals surface area contributed by atoms with Crippen molar-refractivity contribution >= 4 is 28.5 Å². The molecular formula is C23H22ClNO4. The molecule has 0 bridgehead atoms. The first-order valence-corrected chi connectivity index (χ1v) is 10.2. The Labute approximate surface area is 173 Å². The highest BCUT2D eigenvalue weighted by Crippen LogP contribution is 2.33. The smallest absolute Gasteiger partial charge is 0.288 e. The van der Waals surface area contributed by atoms with Crippen LogP contribution in [0.3, 0.4) is 0 Å². The van der Waals surface area contributed by atoms with Crippen LogP contribution in [0.4, 0.5) is 0 Å². The van der Waals surface area contributed by atoms with E-state index in [9.17, 15) is 9.59 Å². The molecule has 0 fully saturated rings. The zero-order valence-corrected chi connectivity index (χ0v) is 17.1. The number of carbonyl (C=O) groups is 1. The van der Waals surface area contributed by atoms with Crippen molar-refractivity contribution in [3.8, 4) is 5.75 Å². The minimum atomic E-state index is -0.563. The average molecular weight is 412 g/mol. The number of nitrogens with one attached hydrogen (secondary N) is 1. The summed E-state index contributed by atoms with van der Waals surface area (Å²) in [7, 11) is 0. The molecule has 6 heteroatoms. The van der Waals surface area contributed by atoms with Crippen molar-refractivity contribution in [3.05, 3.63) is 74.1 Å². The van der Waals surface area contributed by atoms with Gasteiger partial charge in [-0.25, -0.2) is 0 Å². The van der Waals surface area contributed by atoms with Crippen molar-refractivity contribution in [3.63, 3.8) is 0 Å². The fourth-order valence-electron chi connectivity index (χ4n) is 3.58. The van der Waals surface area contributed by atoms with Crippen LogP contribution in [-0.2, 0) is 0 Å². The van der Waals surface area contributed by atoms with E-state index in [1.54, 1.807) is 12.1 Å². The summed E-state index contributed by atoms with van der Waals surface area (Å²) in [6, 6.07) is 10.2. The van der Waals surface area contributed by atoms with Gasteiger partial charge in [0.05, 0.1) is 23.6 Å². The second-order valence-electron chi connectivity index (χ2n) is 7.30. The summed E-state index contributed by atoms with van der Waals surface area (Å²) in [5.74, 6) is 0.438. The lowest BCUT2D eigenvalue weighted by Crippen LogP contribution is -2.21. The van der Waals surface area contributed by atoms with Crippen LogP contribution < -0.4 is 15.5 Å². The molecule has 150 valence electrons. The third kappa shape index (κ3) is 3.62. The van der Waals surface area contributed by atoms with E-state index in [1.165, 1.54) is 0 Å². The molecule has 0 spiro atoms. The van der Waals surface area contributed by atoms with E-state index in [-0.39, 0.29) is 11.2 Å². The first-order valence-electron chi connectivity index (χ1n) is 9.80. The maximum Gasteiger partial charge on any atom is 0.288 e. The number of halogens is 1. The number of rotatable bonds is 6.